The van der Waals surface area contributed by atoms with Gasteiger partial charge in [-0.3, -0.25) is 4.79 Å². The lowest BCUT2D eigenvalue weighted by atomic mass is 10.1. The van der Waals surface area contributed by atoms with Crippen LogP contribution < -0.4 is 0 Å². The minimum Gasteiger partial charge on any atom is -0.370 e. The van der Waals surface area contributed by atoms with Gasteiger partial charge in [-0.2, -0.15) is 0 Å². The summed E-state index contributed by atoms with van der Waals surface area (Å²) in [7, 11) is 0. The first-order valence-electron chi connectivity index (χ1n) is 8.68. The zero-order chi connectivity index (χ0) is 18.1. The Hall–Kier alpha value is -2.73. The van der Waals surface area contributed by atoms with E-state index in [1.165, 1.54) is 12.1 Å². The molecule has 0 N–H and O–H groups in total. The summed E-state index contributed by atoms with van der Waals surface area (Å²) in [5, 5.41) is 0. The normalized spacial score (nSPS) is 17.6. The molecule has 0 saturated carbocycles. The summed E-state index contributed by atoms with van der Waals surface area (Å²) in [4.78, 5) is 19.0. The molecule has 1 unspecified atom stereocenters. The number of rotatable bonds is 3. The average molecular weight is 353 g/mol. The standard InChI is InChI=1S/C20H20FN3O2/c1-14-3-2-8-24-17(12-22-20(14)24)11-19(25)23-9-10-26-18(13-23)15-4-6-16(21)7-5-15/h2-8,12,18H,9-11,13H2,1H3. The lowest BCUT2D eigenvalue weighted by Gasteiger charge is -2.33. The van der Waals surface area contributed by atoms with E-state index in [1.54, 1.807) is 18.3 Å². The first-order chi connectivity index (χ1) is 12.6. The molecule has 1 fully saturated rings. The van der Waals surface area contributed by atoms with E-state index in [2.05, 4.69) is 4.98 Å². The van der Waals surface area contributed by atoms with E-state index in [-0.39, 0.29) is 17.8 Å². The second kappa shape index (κ2) is 6.88. The Bertz CT molecular complexity index is 936. The van der Waals surface area contributed by atoms with Crippen LogP contribution in [0.1, 0.15) is 22.9 Å². The fraction of sp³-hybridized carbons (Fsp3) is 0.300. The molecule has 2 aromatic heterocycles. The van der Waals surface area contributed by atoms with Crippen LogP contribution in [0.4, 0.5) is 4.39 Å². The van der Waals surface area contributed by atoms with E-state index in [9.17, 15) is 9.18 Å². The lowest BCUT2D eigenvalue weighted by Crippen LogP contribution is -2.43. The van der Waals surface area contributed by atoms with Gasteiger partial charge in [-0.05, 0) is 36.2 Å². The molecule has 0 bridgehead atoms. The van der Waals surface area contributed by atoms with E-state index in [0.717, 1.165) is 22.5 Å². The number of ether oxygens (including phenoxy) is 1. The number of pyridine rings is 1. The summed E-state index contributed by atoms with van der Waals surface area (Å²) < 4.78 is 20.8. The number of amides is 1. The Morgan fingerprint density at radius 3 is 2.92 bits per heavy atom. The molecule has 134 valence electrons. The van der Waals surface area contributed by atoms with Crippen molar-refractivity contribution in [1.82, 2.24) is 14.3 Å². The predicted molar refractivity (Wildman–Crippen MR) is 95.3 cm³/mol. The highest BCUT2D eigenvalue weighted by Crippen LogP contribution is 2.23. The Morgan fingerprint density at radius 1 is 1.31 bits per heavy atom. The van der Waals surface area contributed by atoms with Crippen molar-refractivity contribution in [2.75, 3.05) is 19.7 Å². The monoisotopic (exact) mass is 353 g/mol. The number of fused-ring (bicyclic) bond motifs is 1. The Balaban J connectivity index is 1.49. The maximum Gasteiger partial charge on any atom is 0.228 e. The Labute approximate surface area is 151 Å². The Morgan fingerprint density at radius 2 is 2.12 bits per heavy atom. The quantitative estimate of drug-likeness (QED) is 0.727. The summed E-state index contributed by atoms with van der Waals surface area (Å²) in [6.07, 6.45) is 3.76. The van der Waals surface area contributed by atoms with E-state index in [0.29, 0.717) is 26.1 Å². The fourth-order valence-corrected chi connectivity index (χ4v) is 3.35. The molecule has 1 atom stereocenters. The van der Waals surface area contributed by atoms with Crippen LogP contribution in [0.15, 0.2) is 48.8 Å². The van der Waals surface area contributed by atoms with Crippen molar-refractivity contribution in [3.05, 3.63) is 71.4 Å². The van der Waals surface area contributed by atoms with Gasteiger partial charge in [-0.15, -0.1) is 0 Å². The topological polar surface area (TPSA) is 46.8 Å². The molecule has 1 aliphatic heterocycles. The van der Waals surface area contributed by atoms with Crippen LogP contribution in [0, 0.1) is 12.7 Å². The van der Waals surface area contributed by atoms with Crippen molar-refractivity contribution >= 4 is 11.6 Å². The molecule has 3 heterocycles. The maximum absolute atomic E-state index is 13.1. The second-order valence-corrected chi connectivity index (χ2v) is 6.56. The minimum absolute atomic E-state index is 0.0451. The largest absolute Gasteiger partial charge is 0.370 e. The first-order valence-corrected chi connectivity index (χ1v) is 8.68. The summed E-state index contributed by atoms with van der Waals surface area (Å²) in [5.74, 6) is -0.232. The van der Waals surface area contributed by atoms with Gasteiger partial charge in [-0.1, -0.05) is 18.2 Å². The van der Waals surface area contributed by atoms with Crippen molar-refractivity contribution in [3.8, 4) is 0 Å². The van der Waals surface area contributed by atoms with Crippen LogP contribution in [-0.4, -0.2) is 39.9 Å². The maximum atomic E-state index is 13.1. The number of hydrogen-bond acceptors (Lipinski definition) is 3. The third-order valence-electron chi connectivity index (χ3n) is 4.80. The van der Waals surface area contributed by atoms with Crippen LogP contribution in [0.25, 0.3) is 5.65 Å². The van der Waals surface area contributed by atoms with Gasteiger partial charge in [-0.25, -0.2) is 9.37 Å². The molecule has 26 heavy (non-hydrogen) atoms. The number of imidazole rings is 1. The lowest BCUT2D eigenvalue weighted by molar-refractivity contribution is -0.138. The number of nitrogens with zero attached hydrogens (tertiary/aromatic N) is 3. The fourth-order valence-electron chi connectivity index (χ4n) is 3.35. The van der Waals surface area contributed by atoms with Gasteiger partial charge >= 0.3 is 0 Å². The molecule has 6 heteroatoms. The molecule has 1 aliphatic rings. The molecule has 1 aromatic carbocycles. The van der Waals surface area contributed by atoms with Gasteiger partial charge in [0.05, 0.1) is 25.3 Å². The molecule has 0 radical (unpaired) electrons. The predicted octanol–water partition coefficient (Wildman–Crippen LogP) is 2.92. The first kappa shape index (κ1) is 16.7. The Kier molecular flexibility index (Phi) is 4.42. The van der Waals surface area contributed by atoms with Crippen LogP contribution in [0.5, 0.6) is 0 Å². The van der Waals surface area contributed by atoms with Crippen LogP contribution in [-0.2, 0) is 16.0 Å². The smallest absolute Gasteiger partial charge is 0.228 e. The van der Waals surface area contributed by atoms with Crippen molar-refractivity contribution in [1.29, 1.82) is 0 Å². The van der Waals surface area contributed by atoms with E-state index in [1.807, 2.05) is 34.6 Å². The molecular weight excluding hydrogens is 333 g/mol. The molecule has 1 saturated heterocycles. The summed E-state index contributed by atoms with van der Waals surface area (Å²) >= 11 is 0. The van der Waals surface area contributed by atoms with Gasteiger partial charge in [0.2, 0.25) is 5.91 Å². The third-order valence-corrected chi connectivity index (χ3v) is 4.80. The zero-order valence-corrected chi connectivity index (χ0v) is 14.6. The van der Waals surface area contributed by atoms with Crippen molar-refractivity contribution in [2.24, 2.45) is 0 Å². The highest BCUT2D eigenvalue weighted by atomic mass is 19.1. The van der Waals surface area contributed by atoms with Crippen LogP contribution >= 0.6 is 0 Å². The number of carbonyl (C=O) groups excluding carboxylic acids is 1. The minimum atomic E-state index is -0.277. The average Bonchev–Trinajstić information content (AvgIpc) is 3.07. The molecule has 3 aromatic rings. The van der Waals surface area contributed by atoms with E-state index >= 15 is 0 Å². The third kappa shape index (κ3) is 3.20. The second-order valence-electron chi connectivity index (χ2n) is 6.56. The summed E-state index contributed by atoms with van der Waals surface area (Å²) in [6, 6.07) is 10.2. The number of aromatic nitrogens is 2. The van der Waals surface area contributed by atoms with E-state index in [4.69, 9.17) is 4.74 Å². The number of hydrogen-bond donors (Lipinski definition) is 0. The van der Waals surface area contributed by atoms with Gasteiger partial charge in [0, 0.05) is 18.9 Å². The molecule has 0 aliphatic carbocycles. The number of halogens is 1. The molecular formula is C20H20FN3O2. The number of benzene rings is 1. The highest BCUT2D eigenvalue weighted by molar-refractivity contribution is 5.78. The van der Waals surface area contributed by atoms with Crippen LogP contribution in [0.3, 0.4) is 0 Å². The SMILES string of the molecule is Cc1cccn2c(CC(=O)N3CCOC(c4ccc(F)cc4)C3)cnc12. The van der Waals surface area contributed by atoms with Gasteiger partial charge in [0.15, 0.2) is 0 Å². The van der Waals surface area contributed by atoms with Crippen molar-refractivity contribution < 1.29 is 13.9 Å². The zero-order valence-electron chi connectivity index (χ0n) is 14.6. The van der Waals surface area contributed by atoms with Gasteiger partial charge in [0.25, 0.3) is 0 Å². The molecule has 4 rings (SSSR count). The number of morpholine rings is 1. The molecule has 1 amide bonds. The number of carbonyl (C=O) groups is 1. The van der Waals surface area contributed by atoms with E-state index < -0.39 is 0 Å². The number of aryl methyl sites for hydroxylation is 1. The van der Waals surface area contributed by atoms with Crippen LogP contribution in [0.2, 0.25) is 0 Å². The molecule has 0 spiro atoms. The molecule has 5 nitrogen and oxygen atoms in total. The van der Waals surface area contributed by atoms with Crippen molar-refractivity contribution in [3.63, 3.8) is 0 Å². The van der Waals surface area contributed by atoms with Crippen molar-refractivity contribution in [2.45, 2.75) is 19.4 Å². The summed E-state index contributed by atoms with van der Waals surface area (Å²) in [5.41, 5.74) is 3.71. The summed E-state index contributed by atoms with van der Waals surface area (Å²) in [6.45, 7) is 3.51. The van der Waals surface area contributed by atoms with Gasteiger partial charge < -0.3 is 14.0 Å². The van der Waals surface area contributed by atoms with Gasteiger partial charge in [0.1, 0.15) is 17.6 Å². The highest BCUT2D eigenvalue weighted by Gasteiger charge is 2.26.